The summed E-state index contributed by atoms with van der Waals surface area (Å²) in [5.74, 6) is 0.931. The minimum atomic E-state index is -0.611. The Morgan fingerprint density at radius 3 is 2.79 bits per heavy atom. The summed E-state index contributed by atoms with van der Waals surface area (Å²) in [6.07, 6.45) is 5.64. The molecule has 1 aromatic carbocycles. The molecular weight excluding hydrogens is 354 g/mol. The molecule has 1 heterocycles. The maximum absolute atomic E-state index is 12.3. The molecule has 1 aromatic heterocycles. The van der Waals surface area contributed by atoms with Crippen molar-refractivity contribution in [2.75, 3.05) is 6.54 Å². The topological polar surface area (TPSA) is 73.2 Å². The standard InChI is InChI=1S/C22H29N3O3/c1-15-7-6-10-20(16(15)2)28-17(3)22(27)23-11-12-25-14-24-19(13-21(25)26)18-8-4-5-9-18/h6-7,10,13-14,17-18H,4-5,8-9,11-12H2,1-3H3,(H,23,27). The van der Waals surface area contributed by atoms with Crippen LogP contribution in [0.15, 0.2) is 35.4 Å². The van der Waals surface area contributed by atoms with Crippen LogP contribution in [0.5, 0.6) is 5.75 Å². The van der Waals surface area contributed by atoms with Crippen molar-refractivity contribution < 1.29 is 9.53 Å². The van der Waals surface area contributed by atoms with Gasteiger partial charge in [0.1, 0.15) is 5.75 Å². The first-order valence-corrected chi connectivity index (χ1v) is 10.0. The summed E-state index contributed by atoms with van der Waals surface area (Å²) in [7, 11) is 0. The Bertz CT molecular complexity index is 885. The van der Waals surface area contributed by atoms with E-state index in [2.05, 4.69) is 10.3 Å². The lowest BCUT2D eigenvalue weighted by atomic mass is 10.0. The molecule has 0 saturated heterocycles. The van der Waals surface area contributed by atoms with Gasteiger partial charge in [0, 0.05) is 25.1 Å². The van der Waals surface area contributed by atoms with Gasteiger partial charge in [-0.05, 0) is 50.8 Å². The van der Waals surface area contributed by atoms with E-state index in [1.807, 2.05) is 32.0 Å². The highest BCUT2D eigenvalue weighted by Gasteiger charge is 2.19. The molecule has 28 heavy (non-hydrogen) atoms. The highest BCUT2D eigenvalue weighted by Crippen LogP contribution is 2.32. The maximum atomic E-state index is 12.3. The largest absolute Gasteiger partial charge is 0.481 e. The number of aromatic nitrogens is 2. The van der Waals surface area contributed by atoms with Crippen molar-refractivity contribution in [2.45, 2.75) is 65.0 Å². The predicted octanol–water partition coefficient (Wildman–Crippen LogP) is 3.10. The molecule has 1 aliphatic rings. The molecule has 2 aromatic rings. The Morgan fingerprint density at radius 1 is 1.32 bits per heavy atom. The summed E-state index contributed by atoms with van der Waals surface area (Å²) < 4.78 is 7.33. The lowest BCUT2D eigenvalue weighted by Gasteiger charge is -2.17. The molecule has 1 aliphatic carbocycles. The van der Waals surface area contributed by atoms with Gasteiger partial charge in [-0.1, -0.05) is 25.0 Å². The lowest BCUT2D eigenvalue weighted by Crippen LogP contribution is -2.39. The van der Waals surface area contributed by atoms with Crippen LogP contribution in [0, 0.1) is 13.8 Å². The fourth-order valence-corrected chi connectivity index (χ4v) is 3.59. The fraction of sp³-hybridized carbons (Fsp3) is 0.500. The maximum Gasteiger partial charge on any atom is 0.260 e. The zero-order chi connectivity index (χ0) is 20.1. The molecule has 1 saturated carbocycles. The Morgan fingerprint density at radius 2 is 2.07 bits per heavy atom. The van der Waals surface area contributed by atoms with Gasteiger partial charge >= 0.3 is 0 Å². The van der Waals surface area contributed by atoms with Crippen LogP contribution in [0.1, 0.15) is 55.3 Å². The molecule has 150 valence electrons. The number of rotatable bonds is 7. The third-order valence-electron chi connectivity index (χ3n) is 5.55. The Kier molecular flexibility index (Phi) is 6.49. The van der Waals surface area contributed by atoms with Crippen molar-refractivity contribution in [1.82, 2.24) is 14.9 Å². The first-order valence-electron chi connectivity index (χ1n) is 10.0. The van der Waals surface area contributed by atoms with Gasteiger partial charge in [-0.25, -0.2) is 4.98 Å². The van der Waals surface area contributed by atoms with Gasteiger partial charge < -0.3 is 10.1 Å². The number of hydrogen-bond donors (Lipinski definition) is 1. The van der Waals surface area contributed by atoms with E-state index in [-0.39, 0.29) is 11.5 Å². The van der Waals surface area contributed by atoms with Crippen molar-refractivity contribution in [1.29, 1.82) is 0 Å². The second-order valence-electron chi connectivity index (χ2n) is 7.58. The third kappa shape index (κ3) is 4.80. The van der Waals surface area contributed by atoms with Crippen molar-refractivity contribution in [2.24, 2.45) is 0 Å². The van der Waals surface area contributed by atoms with E-state index >= 15 is 0 Å². The summed E-state index contributed by atoms with van der Waals surface area (Å²) in [5, 5.41) is 2.83. The zero-order valence-corrected chi connectivity index (χ0v) is 16.9. The number of benzene rings is 1. The quantitative estimate of drug-likeness (QED) is 0.797. The van der Waals surface area contributed by atoms with E-state index < -0.39 is 6.10 Å². The van der Waals surface area contributed by atoms with Crippen LogP contribution in [0.3, 0.4) is 0 Å². The first kappa shape index (κ1) is 20.1. The Labute approximate surface area is 165 Å². The molecule has 1 amide bonds. The molecule has 0 aliphatic heterocycles. The molecule has 0 bridgehead atoms. The van der Waals surface area contributed by atoms with Gasteiger partial charge in [0.05, 0.1) is 12.0 Å². The molecule has 1 fully saturated rings. The summed E-state index contributed by atoms with van der Waals surface area (Å²) in [6.45, 7) is 6.45. The van der Waals surface area contributed by atoms with Crippen LogP contribution >= 0.6 is 0 Å². The highest BCUT2D eigenvalue weighted by molar-refractivity contribution is 5.80. The van der Waals surface area contributed by atoms with E-state index in [0.29, 0.717) is 24.8 Å². The minimum absolute atomic E-state index is 0.0640. The normalized spacial score (nSPS) is 15.4. The van der Waals surface area contributed by atoms with Gasteiger partial charge in [-0.15, -0.1) is 0 Å². The molecule has 0 radical (unpaired) electrons. The van der Waals surface area contributed by atoms with E-state index in [1.54, 1.807) is 19.3 Å². The van der Waals surface area contributed by atoms with Crippen molar-refractivity contribution in [3.63, 3.8) is 0 Å². The van der Waals surface area contributed by atoms with Gasteiger partial charge in [-0.2, -0.15) is 0 Å². The van der Waals surface area contributed by atoms with Crippen LogP contribution < -0.4 is 15.6 Å². The lowest BCUT2D eigenvalue weighted by molar-refractivity contribution is -0.127. The van der Waals surface area contributed by atoms with Crippen LogP contribution in [-0.4, -0.2) is 28.1 Å². The van der Waals surface area contributed by atoms with Gasteiger partial charge in [0.15, 0.2) is 6.10 Å². The molecule has 6 heteroatoms. The smallest absolute Gasteiger partial charge is 0.260 e. The zero-order valence-electron chi connectivity index (χ0n) is 16.9. The van der Waals surface area contributed by atoms with Gasteiger partial charge in [0.25, 0.3) is 11.5 Å². The van der Waals surface area contributed by atoms with Gasteiger partial charge in [-0.3, -0.25) is 14.2 Å². The van der Waals surface area contributed by atoms with Gasteiger partial charge in [0.2, 0.25) is 0 Å². The van der Waals surface area contributed by atoms with Crippen LogP contribution in [0.25, 0.3) is 0 Å². The SMILES string of the molecule is Cc1cccc(OC(C)C(=O)NCCn2cnc(C3CCCC3)cc2=O)c1C. The molecule has 1 unspecified atom stereocenters. The van der Waals surface area contributed by atoms with Crippen molar-refractivity contribution in [3.8, 4) is 5.75 Å². The van der Waals surface area contributed by atoms with Crippen LogP contribution in [-0.2, 0) is 11.3 Å². The Balaban J connectivity index is 1.50. The van der Waals surface area contributed by atoms with E-state index in [4.69, 9.17) is 4.74 Å². The van der Waals surface area contributed by atoms with Crippen molar-refractivity contribution >= 4 is 5.91 Å². The van der Waals surface area contributed by atoms with Crippen molar-refractivity contribution in [3.05, 3.63) is 57.8 Å². The molecular formula is C22H29N3O3. The van der Waals surface area contributed by atoms with Crippen LogP contribution in [0.4, 0.5) is 0 Å². The molecule has 6 nitrogen and oxygen atoms in total. The van der Waals surface area contributed by atoms with E-state index in [0.717, 1.165) is 29.7 Å². The first-order chi connectivity index (χ1) is 13.5. The van der Waals surface area contributed by atoms with E-state index in [1.165, 1.54) is 17.4 Å². The summed E-state index contributed by atoms with van der Waals surface area (Å²) >= 11 is 0. The second-order valence-corrected chi connectivity index (χ2v) is 7.58. The fourth-order valence-electron chi connectivity index (χ4n) is 3.59. The molecule has 3 rings (SSSR count). The third-order valence-corrected chi connectivity index (χ3v) is 5.55. The average Bonchev–Trinajstić information content (AvgIpc) is 3.21. The second kappa shape index (κ2) is 9.04. The summed E-state index contributed by atoms with van der Waals surface area (Å²) in [4.78, 5) is 29.1. The predicted molar refractivity (Wildman–Crippen MR) is 109 cm³/mol. The molecule has 1 atom stereocenters. The number of hydrogen-bond acceptors (Lipinski definition) is 4. The summed E-state index contributed by atoms with van der Waals surface area (Å²) in [5.41, 5.74) is 2.99. The number of nitrogens with zero attached hydrogens (tertiary/aromatic N) is 2. The molecule has 0 spiro atoms. The number of nitrogens with one attached hydrogen (secondary N) is 1. The molecule has 1 N–H and O–H groups in total. The number of ether oxygens (including phenoxy) is 1. The number of carbonyl (C=O) groups is 1. The minimum Gasteiger partial charge on any atom is -0.481 e. The average molecular weight is 383 g/mol. The summed E-state index contributed by atoms with van der Waals surface area (Å²) in [6, 6.07) is 7.43. The number of carbonyl (C=O) groups excluding carboxylic acids is 1. The highest BCUT2D eigenvalue weighted by atomic mass is 16.5. The number of aryl methyl sites for hydroxylation is 1. The Hall–Kier alpha value is -2.63. The van der Waals surface area contributed by atoms with E-state index in [9.17, 15) is 9.59 Å². The monoisotopic (exact) mass is 383 g/mol. The van der Waals surface area contributed by atoms with Crippen LogP contribution in [0.2, 0.25) is 0 Å². The number of amides is 1.